The third-order valence-electron chi connectivity index (χ3n) is 3.62. The van der Waals surface area contributed by atoms with Crippen molar-refractivity contribution in [1.29, 1.82) is 0 Å². The number of ether oxygens (including phenoxy) is 1. The molecule has 0 unspecified atom stereocenters. The van der Waals surface area contributed by atoms with Gasteiger partial charge in [-0.05, 0) is 24.6 Å². The molecule has 27 heavy (non-hydrogen) atoms. The minimum Gasteiger partial charge on any atom is -0.495 e. The smallest absolute Gasteiger partial charge is 0.325 e. The molecular weight excluding hydrogens is 380 g/mol. The van der Waals surface area contributed by atoms with E-state index >= 15 is 0 Å². The number of aromatic nitrogens is 2. The average molecular weight is 401 g/mol. The second-order valence-electron chi connectivity index (χ2n) is 5.76. The van der Waals surface area contributed by atoms with E-state index in [0.717, 1.165) is 16.5 Å². The molecule has 0 bridgehead atoms. The maximum atomic E-state index is 12.1. The lowest BCUT2D eigenvalue weighted by atomic mass is 10.2. The van der Waals surface area contributed by atoms with Crippen LogP contribution in [0.4, 0.5) is 15.6 Å². The topological polar surface area (TPSA) is 76.1 Å². The Bertz CT molecular complexity index is 914. The molecule has 2 N–H and O–H groups in total. The molecule has 2 aromatic carbocycles. The van der Waals surface area contributed by atoms with Crippen LogP contribution in [-0.2, 0) is 11.5 Å². The number of amides is 2. The van der Waals surface area contributed by atoms with Gasteiger partial charge in [0.1, 0.15) is 10.8 Å². The maximum Gasteiger partial charge on any atom is 0.325 e. The zero-order valence-corrected chi connectivity index (χ0v) is 16.7. The molecule has 0 aliphatic heterocycles. The number of para-hydroxylation sites is 2. The van der Waals surface area contributed by atoms with Crippen molar-refractivity contribution in [3.8, 4) is 5.75 Å². The number of nitrogens with zero attached hydrogens (tertiary/aromatic N) is 2. The molecule has 0 spiro atoms. The van der Waals surface area contributed by atoms with Crippen LogP contribution in [-0.4, -0.2) is 23.3 Å². The molecule has 8 heteroatoms. The Morgan fingerprint density at radius 2 is 1.96 bits per heavy atom. The number of rotatable bonds is 7. The summed E-state index contributed by atoms with van der Waals surface area (Å²) in [5.74, 6) is 2.26. The molecular formula is C19H20N4O2S2. The highest BCUT2D eigenvalue weighted by atomic mass is 32.2. The molecule has 3 aromatic rings. The fraction of sp³-hybridized carbons (Fsp3) is 0.211. The second kappa shape index (κ2) is 9.38. The van der Waals surface area contributed by atoms with Gasteiger partial charge >= 0.3 is 6.03 Å². The van der Waals surface area contributed by atoms with Gasteiger partial charge in [-0.15, -0.1) is 22.0 Å². The van der Waals surface area contributed by atoms with E-state index in [4.69, 9.17) is 4.74 Å². The molecule has 0 fully saturated rings. The van der Waals surface area contributed by atoms with Crippen molar-refractivity contribution < 1.29 is 9.53 Å². The molecule has 0 radical (unpaired) electrons. The monoisotopic (exact) mass is 400 g/mol. The molecule has 1 heterocycles. The number of thioether (sulfide) groups is 1. The van der Waals surface area contributed by atoms with E-state index < -0.39 is 0 Å². The highest BCUT2D eigenvalue weighted by Gasteiger charge is 2.10. The Morgan fingerprint density at radius 1 is 1.11 bits per heavy atom. The molecule has 3 rings (SSSR count). The van der Waals surface area contributed by atoms with Crippen LogP contribution in [0, 0.1) is 6.92 Å². The van der Waals surface area contributed by atoms with E-state index in [2.05, 4.69) is 52.0 Å². The number of hydrogen-bond acceptors (Lipinski definition) is 6. The fourth-order valence-corrected chi connectivity index (χ4v) is 4.18. The number of methoxy groups -OCH3 is 1. The minimum atomic E-state index is -0.380. The van der Waals surface area contributed by atoms with Crippen LogP contribution >= 0.6 is 23.1 Å². The first-order chi connectivity index (χ1) is 13.1. The summed E-state index contributed by atoms with van der Waals surface area (Å²) in [6.45, 7) is 2.09. The van der Waals surface area contributed by atoms with Crippen LogP contribution in [0.3, 0.4) is 0 Å². The first-order valence-corrected chi connectivity index (χ1v) is 10.3. The van der Waals surface area contributed by atoms with Gasteiger partial charge < -0.3 is 10.1 Å². The van der Waals surface area contributed by atoms with Crippen molar-refractivity contribution >= 4 is 39.9 Å². The second-order valence-corrected chi connectivity index (χ2v) is 7.81. The molecule has 0 aliphatic rings. The quantitative estimate of drug-likeness (QED) is 0.588. The molecule has 0 saturated carbocycles. The van der Waals surface area contributed by atoms with Crippen molar-refractivity contribution in [1.82, 2.24) is 10.2 Å². The van der Waals surface area contributed by atoms with Crippen LogP contribution in [0.25, 0.3) is 0 Å². The summed E-state index contributed by atoms with van der Waals surface area (Å²) >= 11 is 3.14. The zero-order chi connectivity index (χ0) is 19.1. The van der Waals surface area contributed by atoms with Crippen molar-refractivity contribution in [3.63, 3.8) is 0 Å². The predicted molar refractivity (Wildman–Crippen MR) is 112 cm³/mol. The summed E-state index contributed by atoms with van der Waals surface area (Å²) in [7, 11) is 1.56. The third kappa shape index (κ3) is 5.70. The standard InChI is InChI=1S/C19H20N4O2S2/c1-13-6-5-7-14(10-13)11-26-12-17-22-23-19(27-17)21-18(24)20-15-8-3-4-9-16(15)25-2/h3-10H,11-12H2,1-2H3,(H2,20,21,23,24). The lowest BCUT2D eigenvalue weighted by molar-refractivity contribution is 0.262. The van der Waals surface area contributed by atoms with E-state index in [0.29, 0.717) is 16.6 Å². The van der Waals surface area contributed by atoms with Crippen LogP contribution in [0.2, 0.25) is 0 Å². The van der Waals surface area contributed by atoms with Gasteiger partial charge in [-0.3, -0.25) is 5.32 Å². The van der Waals surface area contributed by atoms with E-state index in [1.54, 1.807) is 31.0 Å². The predicted octanol–water partition coefficient (Wildman–Crippen LogP) is 4.93. The van der Waals surface area contributed by atoms with Gasteiger partial charge in [-0.2, -0.15) is 0 Å². The number of urea groups is 1. The van der Waals surface area contributed by atoms with Gasteiger partial charge in [0.05, 0.1) is 12.8 Å². The first kappa shape index (κ1) is 19.2. The van der Waals surface area contributed by atoms with Crippen LogP contribution in [0.1, 0.15) is 16.1 Å². The number of nitrogens with one attached hydrogen (secondary N) is 2. The van der Waals surface area contributed by atoms with E-state index in [1.165, 1.54) is 22.5 Å². The molecule has 0 saturated heterocycles. The molecule has 2 amide bonds. The lowest BCUT2D eigenvalue weighted by Crippen LogP contribution is -2.19. The summed E-state index contributed by atoms with van der Waals surface area (Å²) < 4.78 is 5.22. The Labute approximate surface area is 166 Å². The fourth-order valence-electron chi connectivity index (χ4n) is 2.42. The largest absolute Gasteiger partial charge is 0.495 e. The Hall–Kier alpha value is -2.58. The van der Waals surface area contributed by atoms with E-state index in [1.807, 2.05) is 12.1 Å². The molecule has 0 atom stereocenters. The number of aryl methyl sites for hydroxylation is 1. The van der Waals surface area contributed by atoms with Crippen molar-refractivity contribution in [2.24, 2.45) is 0 Å². The van der Waals surface area contributed by atoms with Gasteiger partial charge in [0.2, 0.25) is 5.13 Å². The number of benzene rings is 2. The van der Waals surface area contributed by atoms with Gasteiger partial charge in [0.25, 0.3) is 0 Å². The van der Waals surface area contributed by atoms with Gasteiger partial charge in [-0.25, -0.2) is 4.79 Å². The van der Waals surface area contributed by atoms with Gasteiger partial charge in [0.15, 0.2) is 0 Å². The normalized spacial score (nSPS) is 10.4. The average Bonchev–Trinajstić information content (AvgIpc) is 3.09. The van der Waals surface area contributed by atoms with Crippen LogP contribution in [0.5, 0.6) is 5.75 Å². The minimum absolute atomic E-state index is 0.380. The Balaban J connectivity index is 1.49. The summed E-state index contributed by atoms with van der Waals surface area (Å²) in [4.78, 5) is 12.1. The number of carbonyl (C=O) groups excluding carboxylic acids is 1. The third-order valence-corrected chi connectivity index (χ3v) is 5.66. The molecule has 1 aromatic heterocycles. The zero-order valence-electron chi connectivity index (χ0n) is 15.1. The first-order valence-electron chi connectivity index (χ1n) is 8.31. The summed E-state index contributed by atoms with van der Waals surface area (Å²) in [6.07, 6.45) is 0. The van der Waals surface area contributed by atoms with Crippen molar-refractivity contribution in [2.45, 2.75) is 18.4 Å². The van der Waals surface area contributed by atoms with E-state index in [9.17, 15) is 4.79 Å². The van der Waals surface area contributed by atoms with E-state index in [-0.39, 0.29) is 6.03 Å². The highest BCUT2D eigenvalue weighted by molar-refractivity contribution is 7.97. The number of hydrogen-bond donors (Lipinski definition) is 2. The van der Waals surface area contributed by atoms with Gasteiger partial charge in [-0.1, -0.05) is 53.3 Å². The lowest BCUT2D eigenvalue weighted by Gasteiger charge is -2.09. The molecule has 140 valence electrons. The Kier molecular flexibility index (Phi) is 6.67. The SMILES string of the molecule is COc1ccccc1NC(=O)Nc1nnc(CSCc2cccc(C)c2)s1. The number of carbonyl (C=O) groups is 1. The van der Waals surface area contributed by atoms with Crippen LogP contribution in [0.15, 0.2) is 48.5 Å². The maximum absolute atomic E-state index is 12.1. The summed E-state index contributed by atoms with van der Waals surface area (Å²) in [6, 6.07) is 15.3. The van der Waals surface area contributed by atoms with Crippen molar-refractivity contribution in [3.05, 3.63) is 64.7 Å². The number of anilines is 2. The van der Waals surface area contributed by atoms with Crippen LogP contribution < -0.4 is 15.4 Å². The molecule has 6 nitrogen and oxygen atoms in total. The van der Waals surface area contributed by atoms with Gasteiger partial charge in [0, 0.05) is 11.5 Å². The Morgan fingerprint density at radius 3 is 2.78 bits per heavy atom. The highest BCUT2D eigenvalue weighted by Crippen LogP contribution is 2.25. The summed E-state index contributed by atoms with van der Waals surface area (Å²) in [5, 5.41) is 15.0. The summed E-state index contributed by atoms with van der Waals surface area (Å²) in [5.41, 5.74) is 3.14. The molecule has 0 aliphatic carbocycles. The van der Waals surface area contributed by atoms with Crippen molar-refractivity contribution in [2.75, 3.05) is 17.7 Å².